The lowest BCUT2D eigenvalue weighted by atomic mass is 10.00. The molecule has 0 spiro atoms. The summed E-state index contributed by atoms with van der Waals surface area (Å²) in [4.78, 5) is 26.0. The molecule has 2 heterocycles. The van der Waals surface area contributed by atoms with E-state index >= 15 is 0 Å². The number of carboxylic acids is 1. The molecular weight excluding hydrogens is 374 g/mol. The average molecular weight is 402 g/mol. The minimum Gasteiger partial charge on any atom is -0.477 e. The van der Waals surface area contributed by atoms with Crippen LogP contribution >= 0.6 is 11.3 Å². The topological polar surface area (TPSA) is 77.8 Å². The highest BCUT2D eigenvalue weighted by Crippen LogP contribution is 2.22. The van der Waals surface area contributed by atoms with Crippen molar-refractivity contribution in [1.29, 1.82) is 0 Å². The summed E-state index contributed by atoms with van der Waals surface area (Å²) >= 11 is 1.20. The van der Waals surface area contributed by atoms with Gasteiger partial charge in [-0.2, -0.15) is 0 Å². The Hall–Kier alpha value is -2.36. The third-order valence-corrected chi connectivity index (χ3v) is 5.67. The summed E-state index contributed by atoms with van der Waals surface area (Å²) in [7, 11) is 0. The molecular formula is C22H27NO4S. The van der Waals surface area contributed by atoms with Crippen LogP contribution in [0.1, 0.15) is 54.1 Å². The molecule has 2 rings (SSSR count). The minimum atomic E-state index is -0.932. The summed E-state index contributed by atoms with van der Waals surface area (Å²) in [6, 6.07) is 3.30. The lowest BCUT2D eigenvalue weighted by Gasteiger charge is -2.21. The van der Waals surface area contributed by atoms with Gasteiger partial charge >= 0.3 is 5.97 Å². The summed E-state index contributed by atoms with van der Waals surface area (Å²) in [6.07, 6.45) is 9.52. The number of aromatic carboxylic acids is 1. The molecule has 1 fully saturated rings. The van der Waals surface area contributed by atoms with Crippen molar-refractivity contribution in [3.8, 4) is 11.8 Å². The normalized spacial score (nSPS) is 19.2. The molecule has 1 unspecified atom stereocenters. The van der Waals surface area contributed by atoms with E-state index in [0.717, 1.165) is 17.7 Å². The highest BCUT2D eigenvalue weighted by Gasteiger charge is 2.28. The predicted octanol–water partition coefficient (Wildman–Crippen LogP) is 3.81. The zero-order valence-corrected chi connectivity index (χ0v) is 17.1. The molecule has 1 aliphatic rings. The van der Waals surface area contributed by atoms with Crippen LogP contribution in [0.5, 0.6) is 0 Å². The highest BCUT2D eigenvalue weighted by molar-refractivity contribution is 7.14. The Morgan fingerprint density at radius 2 is 2.21 bits per heavy atom. The number of rotatable bonds is 8. The lowest BCUT2D eigenvalue weighted by molar-refractivity contribution is -0.127. The number of carbonyl (C=O) groups excluding carboxylic acids is 1. The first-order valence-corrected chi connectivity index (χ1v) is 10.3. The molecule has 1 aliphatic heterocycles. The second kappa shape index (κ2) is 10.8. The van der Waals surface area contributed by atoms with E-state index in [0.29, 0.717) is 24.3 Å². The Balaban J connectivity index is 1.92. The monoisotopic (exact) mass is 401 g/mol. The molecule has 28 heavy (non-hydrogen) atoms. The zero-order valence-electron chi connectivity index (χ0n) is 16.3. The van der Waals surface area contributed by atoms with Crippen LogP contribution in [0.15, 0.2) is 30.4 Å². The molecule has 1 saturated heterocycles. The number of aliphatic hydroxyl groups is 1. The third-order valence-electron chi connectivity index (χ3n) is 4.64. The summed E-state index contributed by atoms with van der Waals surface area (Å²) in [6.45, 7) is 4.42. The number of amides is 1. The smallest absolute Gasteiger partial charge is 0.345 e. The Bertz CT molecular complexity index is 799. The van der Waals surface area contributed by atoms with E-state index in [1.807, 2.05) is 32.1 Å². The Kier molecular flexibility index (Phi) is 8.49. The molecule has 2 N–H and O–H groups in total. The van der Waals surface area contributed by atoms with E-state index in [1.54, 1.807) is 23.1 Å². The number of thiophene rings is 1. The predicted molar refractivity (Wildman–Crippen MR) is 112 cm³/mol. The number of likely N-dealkylation sites (tertiary alicyclic amines) is 1. The van der Waals surface area contributed by atoms with Crippen LogP contribution in [0.2, 0.25) is 0 Å². The fourth-order valence-electron chi connectivity index (χ4n) is 2.94. The summed E-state index contributed by atoms with van der Waals surface area (Å²) in [5, 5.41) is 19.2. The third kappa shape index (κ3) is 6.36. The van der Waals surface area contributed by atoms with E-state index < -0.39 is 12.1 Å². The fourth-order valence-corrected chi connectivity index (χ4v) is 3.72. The van der Waals surface area contributed by atoms with Crippen LogP contribution in [-0.4, -0.2) is 45.7 Å². The van der Waals surface area contributed by atoms with Crippen molar-refractivity contribution in [2.75, 3.05) is 6.54 Å². The number of carboxylic acid groups (broad SMARTS) is 1. The number of nitrogens with zero attached hydrogens (tertiary/aromatic N) is 1. The van der Waals surface area contributed by atoms with Crippen molar-refractivity contribution >= 4 is 29.3 Å². The van der Waals surface area contributed by atoms with Gasteiger partial charge in [0.05, 0.1) is 12.1 Å². The van der Waals surface area contributed by atoms with E-state index in [1.165, 1.54) is 11.3 Å². The van der Waals surface area contributed by atoms with Crippen LogP contribution in [0.3, 0.4) is 0 Å². The summed E-state index contributed by atoms with van der Waals surface area (Å²) < 4.78 is 0. The fraction of sp³-hybridized carbons (Fsp3) is 0.455. The Labute approximate surface area is 170 Å². The maximum atomic E-state index is 12.2. The van der Waals surface area contributed by atoms with Crippen molar-refractivity contribution in [3.05, 3.63) is 40.1 Å². The molecule has 6 heteroatoms. The minimum absolute atomic E-state index is 0.0290. The second-order valence-corrected chi connectivity index (χ2v) is 7.94. The zero-order chi connectivity index (χ0) is 20.5. The van der Waals surface area contributed by atoms with Crippen LogP contribution in [0.25, 0.3) is 6.08 Å². The maximum absolute atomic E-state index is 12.2. The van der Waals surface area contributed by atoms with Gasteiger partial charge in [0, 0.05) is 30.7 Å². The van der Waals surface area contributed by atoms with Crippen LogP contribution < -0.4 is 0 Å². The van der Waals surface area contributed by atoms with Gasteiger partial charge in [-0.3, -0.25) is 4.79 Å². The largest absolute Gasteiger partial charge is 0.477 e. The molecule has 1 aromatic heterocycles. The molecule has 3 atom stereocenters. The summed E-state index contributed by atoms with van der Waals surface area (Å²) in [5.74, 6) is 5.27. The number of aliphatic hydroxyl groups excluding tert-OH is 1. The number of carbonyl (C=O) groups is 2. The van der Waals surface area contributed by atoms with E-state index in [4.69, 9.17) is 5.11 Å². The number of hydrogen-bond acceptors (Lipinski definition) is 4. The van der Waals surface area contributed by atoms with Gasteiger partial charge in [-0.1, -0.05) is 32.1 Å². The number of hydrogen-bond donors (Lipinski definition) is 2. The van der Waals surface area contributed by atoms with E-state index in [2.05, 4.69) is 11.8 Å². The van der Waals surface area contributed by atoms with Gasteiger partial charge in [0.25, 0.3) is 0 Å². The average Bonchev–Trinajstić information content (AvgIpc) is 3.27. The molecule has 1 aromatic rings. The quantitative estimate of drug-likeness (QED) is 0.513. The molecule has 0 bridgehead atoms. The Morgan fingerprint density at radius 3 is 2.89 bits per heavy atom. The standard InChI is InChI=1S/C22H27NO4S/c1-3-4-5-7-16(2)19(24)12-9-17-10-14-21(25)23(17)15-6-8-18-11-13-20(28-18)22(26)27/h6,8-9,11-13,16-17,19,24H,3,7,10,14-15H2,1-2H3,(H,26,27)/t16-,17?,19+/m0/s1. The highest BCUT2D eigenvalue weighted by atomic mass is 32.1. The van der Waals surface area contributed by atoms with Gasteiger partial charge in [-0.25, -0.2) is 4.79 Å². The second-order valence-electron chi connectivity index (χ2n) is 6.83. The van der Waals surface area contributed by atoms with Crippen molar-refractivity contribution in [2.45, 2.75) is 51.7 Å². The first kappa shape index (κ1) is 21.9. The van der Waals surface area contributed by atoms with Crippen LogP contribution in [-0.2, 0) is 4.79 Å². The molecule has 0 radical (unpaired) electrons. The molecule has 0 saturated carbocycles. The van der Waals surface area contributed by atoms with Gasteiger partial charge in [0.2, 0.25) is 5.91 Å². The van der Waals surface area contributed by atoms with Crippen molar-refractivity contribution < 1.29 is 19.8 Å². The Morgan fingerprint density at radius 1 is 1.43 bits per heavy atom. The first-order chi connectivity index (χ1) is 13.4. The van der Waals surface area contributed by atoms with Gasteiger partial charge in [-0.15, -0.1) is 23.2 Å². The molecule has 0 aliphatic carbocycles. The van der Waals surface area contributed by atoms with E-state index in [-0.39, 0.29) is 17.9 Å². The molecule has 0 aromatic carbocycles. The van der Waals surface area contributed by atoms with Crippen molar-refractivity contribution in [2.24, 2.45) is 5.92 Å². The SMILES string of the molecule is CCC#CC[C@H](C)[C@H](O)C=CC1CCC(=O)N1CC=Cc1ccc(C(=O)O)s1. The van der Waals surface area contributed by atoms with Crippen LogP contribution in [0, 0.1) is 17.8 Å². The van der Waals surface area contributed by atoms with Gasteiger partial charge in [-0.05, 0) is 30.5 Å². The maximum Gasteiger partial charge on any atom is 0.345 e. The van der Waals surface area contributed by atoms with Gasteiger partial charge in [0.1, 0.15) is 4.88 Å². The van der Waals surface area contributed by atoms with E-state index in [9.17, 15) is 14.7 Å². The first-order valence-electron chi connectivity index (χ1n) is 9.53. The van der Waals surface area contributed by atoms with Crippen molar-refractivity contribution in [1.82, 2.24) is 4.90 Å². The van der Waals surface area contributed by atoms with Gasteiger partial charge < -0.3 is 15.1 Å². The van der Waals surface area contributed by atoms with Gasteiger partial charge in [0.15, 0.2) is 0 Å². The molecule has 150 valence electrons. The summed E-state index contributed by atoms with van der Waals surface area (Å²) in [5.41, 5.74) is 0. The molecule has 1 amide bonds. The van der Waals surface area contributed by atoms with Crippen LogP contribution in [0.4, 0.5) is 0 Å². The van der Waals surface area contributed by atoms with Crippen molar-refractivity contribution in [3.63, 3.8) is 0 Å². The lowest BCUT2D eigenvalue weighted by Crippen LogP contribution is -2.32. The molecule has 5 nitrogen and oxygen atoms in total.